The topological polar surface area (TPSA) is 103 Å². The van der Waals surface area contributed by atoms with E-state index >= 15 is 0 Å². The highest BCUT2D eigenvalue weighted by Gasteiger charge is 2.43. The van der Waals surface area contributed by atoms with E-state index in [1.165, 1.54) is 0 Å². The number of nitrogens with one attached hydrogen (secondary N) is 2. The summed E-state index contributed by atoms with van der Waals surface area (Å²) in [6.07, 6.45) is 2.60. The van der Waals surface area contributed by atoms with Crippen LogP contribution < -0.4 is 25.2 Å². The molecule has 0 bridgehead atoms. The summed E-state index contributed by atoms with van der Waals surface area (Å²) in [6, 6.07) is 6.20. The van der Waals surface area contributed by atoms with Crippen LogP contribution in [-0.4, -0.2) is 74.2 Å². The van der Waals surface area contributed by atoms with Gasteiger partial charge in [0.1, 0.15) is 12.0 Å². The highest BCUT2D eigenvalue weighted by molar-refractivity contribution is 6.02. The van der Waals surface area contributed by atoms with Gasteiger partial charge in [-0.1, -0.05) is 13.8 Å². The fourth-order valence-corrected chi connectivity index (χ4v) is 5.38. The van der Waals surface area contributed by atoms with Gasteiger partial charge >= 0.3 is 0 Å². The van der Waals surface area contributed by atoms with Gasteiger partial charge in [0, 0.05) is 57.0 Å². The van der Waals surface area contributed by atoms with Crippen molar-refractivity contribution in [3.8, 4) is 5.75 Å². The van der Waals surface area contributed by atoms with Gasteiger partial charge in [-0.25, -0.2) is 0 Å². The van der Waals surface area contributed by atoms with Gasteiger partial charge in [-0.15, -0.1) is 0 Å². The fraction of sp³-hybridized carbons (Fsp3) is 0.724. The predicted octanol–water partition coefficient (Wildman–Crippen LogP) is 2.90. The molecule has 1 saturated carbocycles. The summed E-state index contributed by atoms with van der Waals surface area (Å²) in [7, 11) is 1.66. The standard InChI is InChI=1S/C29H46N4O5/c1-18(2)19(3)31-26(34)20-14-21(17-30-16-20)27(35)33(22-8-9-22)23-10-11-25-24(15-23)32(12-7-13-37-6)28(36)29(4,5)38-25/h10-11,15,18-22,27,30,35H,7-9,12-14,16-17H2,1-6H3,(H,31,34)/t19?,20-,21+,27?/m0/s1. The lowest BCUT2D eigenvalue weighted by Gasteiger charge is -2.41. The van der Waals surface area contributed by atoms with Crippen LogP contribution in [0.1, 0.15) is 60.3 Å². The van der Waals surface area contributed by atoms with Gasteiger partial charge in [-0.2, -0.15) is 0 Å². The number of piperidine rings is 1. The van der Waals surface area contributed by atoms with Crippen LogP contribution in [0.3, 0.4) is 0 Å². The first-order chi connectivity index (χ1) is 18.0. The van der Waals surface area contributed by atoms with Crippen molar-refractivity contribution in [3.63, 3.8) is 0 Å². The summed E-state index contributed by atoms with van der Waals surface area (Å²) < 4.78 is 11.3. The van der Waals surface area contributed by atoms with Crippen LogP contribution in [0.2, 0.25) is 0 Å². The number of rotatable bonds is 11. The van der Waals surface area contributed by atoms with E-state index in [1.807, 2.05) is 25.1 Å². The van der Waals surface area contributed by atoms with Crippen LogP contribution in [0.15, 0.2) is 18.2 Å². The minimum Gasteiger partial charge on any atom is -0.476 e. The molecule has 9 heteroatoms. The van der Waals surface area contributed by atoms with E-state index in [4.69, 9.17) is 9.47 Å². The number of carbonyl (C=O) groups is 2. The molecule has 2 fully saturated rings. The molecule has 2 aliphatic heterocycles. The maximum Gasteiger partial charge on any atom is 0.270 e. The normalized spacial score (nSPS) is 24.4. The molecule has 212 valence electrons. The number of anilines is 2. The number of aliphatic hydroxyl groups is 1. The molecular weight excluding hydrogens is 484 g/mol. The molecular formula is C29H46N4O5. The summed E-state index contributed by atoms with van der Waals surface area (Å²) in [6.45, 7) is 12.2. The van der Waals surface area contributed by atoms with Crippen LogP contribution in [0.5, 0.6) is 5.75 Å². The Kier molecular flexibility index (Phi) is 8.89. The largest absolute Gasteiger partial charge is 0.476 e. The maximum atomic E-state index is 13.3. The molecule has 2 heterocycles. The molecule has 0 radical (unpaired) electrons. The van der Waals surface area contributed by atoms with Crippen LogP contribution in [0.4, 0.5) is 11.4 Å². The monoisotopic (exact) mass is 530 g/mol. The lowest BCUT2D eigenvalue weighted by Crippen LogP contribution is -2.53. The van der Waals surface area contributed by atoms with Crippen molar-refractivity contribution in [2.24, 2.45) is 17.8 Å². The third-order valence-corrected chi connectivity index (χ3v) is 8.16. The van der Waals surface area contributed by atoms with Crippen molar-refractivity contribution in [2.75, 3.05) is 43.2 Å². The number of benzene rings is 1. The molecule has 4 atom stereocenters. The zero-order chi connectivity index (χ0) is 27.6. The Hall–Kier alpha value is -2.36. The number of hydrogen-bond acceptors (Lipinski definition) is 7. The van der Waals surface area contributed by atoms with Gasteiger partial charge in [0.2, 0.25) is 5.91 Å². The number of hydrogen-bond donors (Lipinski definition) is 3. The molecule has 1 aromatic carbocycles. The molecule has 2 amide bonds. The van der Waals surface area contributed by atoms with Crippen LogP contribution in [0, 0.1) is 17.8 Å². The molecule has 3 aliphatic rings. The summed E-state index contributed by atoms with van der Waals surface area (Å²) in [5.74, 6) is 0.710. The van der Waals surface area contributed by atoms with Gasteiger partial charge in [0.25, 0.3) is 5.91 Å². The van der Waals surface area contributed by atoms with Gasteiger partial charge in [0.15, 0.2) is 5.60 Å². The van der Waals surface area contributed by atoms with E-state index in [0.29, 0.717) is 50.8 Å². The fourth-order valence-electron chi connectivity index (χ4n) is 5.38. The quantitative estimate of drug-likeness (QED) is 0.299. The van der Waals surface area contributed by atoms with Crippen LogP contribution in [0.25, 0.3) is 0 Å². The SMILES string of the molecule is COCCCN1C(=O)C(C)(C)Oc2ccc(N(C3CC3)C(O)[C@H]3CNC[C@@H](C(=O)NC(C)C(C)C)C3)cc21. The predicted molar refractivity (Wildman–Crippen MR) is 148 cm³/mol. The van der Waals surface area contributed by atoms with Gasteiger partial charge in [0.05, 0.1) is 11.6 Å². The molecule has 4 rings (SSSR count). The molecule has 1 aromatic rings. The average molecular weight is 531 g/mol. The molecule has 1 aliphatic carbocycles. The van der Waals surface area contributed by atoms with E-state index in [-0.39, 0.29) is 35.7 Å². The lowest BCUT2D eigenvalue weighted by molar-refractivity contribution is -0.132. The van der Waals surface area contributed by atoms with Crippen LogP contribution >= 0.6 is 0 Å². The second kappa shape index (κ2) is 11.8. The maximum absolute atomic E-state index is 13.3. The lowest BCUT2D eigenvalue weighted by atomic mass is 9.87. The summed E-state index contributed by atoms with van der Waals surface area (Å²) >= 11 is 0. The molecule has 0 aromatic heterocycles. The first-order valence-corrected chi connectivity index (χ1v) is 14.1. The Morgan fingerprint density at radius 2 is 2.03 bits per heavy atom. The van der Waals surface area contributed by atoms with E-state index in [1.54, 1.807) is 25.9 Å². The van der Waals surface area contributed by atoms with E-state index in [0.717, 1.165) is 24.2 Å². The Labute approximate surface area is 227 Å². The zero-order valence-electron chi connectivity index (χ0n) is 23.8. The van der Waals surface area contributed by atoms with Crippen molar-refractivity contribution < 1.29 is 24.2 Å². The number of amides is 2. The first kappa shape index (κ1) is 28.6. The number of ether oxygens (including phenoxy) is 2. The first-order valence-electron chi connectivity index (χ1n) is 14.1. The van der Waals surface area contributed by atoms with E-state index in [2.05, 4.69) is 29.4 Å². The smallest absolute Gasteiger partial charge is 0.270 e. The van der Waals surface area contributed by atoms with E-state index < -0.39 is 11.8 Å². The summed E-state index contributed by atoms with van der Waals surface area (Å²) in [5, 5.41) is 18.2. The van der Waals surface area contributed by atoms with Gasteiger partial charge in [-0.05, 0) is 70.6 Å². The molecule has 0 spiro atoms. The van der Waals surface area contributed by atoms with Crippen molar-refractivity contribution in [1.29, 1.82) is 0 Å². The van der Waals surface area contributed by atoms with Gasteiger partial charge < -0.3 is 35.0 Å². The highest BCUT2D eigenvalue weighted by Crippen LogP contribution is 2.43. The molecule has 9 nitrogen and oxygen atoms in total. The van der Waals surface area contributed by atoms with Crippen molar-refractivity contribution >= 4 is 23.2 Å². The second-order valence-electron chi connectivity index (χ2n) is 12.0. The van der Waals surface area contributed by atoms with Crippen molar-refractivity contribution in [3.05, 3.63) is 18.2 Å². The average Bonchev–Trinajstić information content (AvgIpc) is 3.71. The number of nitrogens with zero attached hydrogens (tertiary/aromatic N) is 2. The zero-order valence-corrected chi connectivity index (χ0v) is 23.8. The number of methoxy groups -OCH3 is 1. The second-order valence-corrected chi connectivity index (χ2v) is 12.0. The summed E-state index contributed by atoms with van der Waals surface area (Å²) in [4.78, 5) is 30.1. The third-order valence-electron chi connectivity index (χ3n) is 8.16. The number of fused-ring (bicyclic) bond motifs is 1. The summed E-state index contributed by atoms with van der Waals surface area (Å²) in [5.41, 5.74) is 0.641. The molecule has 3 N–H and O–H groups in total. The Bertz CT molecular complexity index is 995. The number of aliphatic hydroxyl groups excluding tert-OH is 1. The van der Waals surface area contributed by atoms with Crippen molar-refractivity contribution in [1.82, 2.24) is 10.6 Å². The Morgan fingerprint density at radius 1 is 1.29 bits per heavy atom. The number of carbonyl (C=O) groups excluding carboxylic acids is 2. The van der Waals surface area contributed by atoms with Crippen molar-refractivity contribution in [2.45, 2.75) is 84.2 Å². The Morgan fingerprint density at radius 3 is 2.68 bits per heavy atom. The van der Waals surface area contributed by atoms with Gasteiger partial charge in [-0.3, -0.25) is 9.59 Å². The molecule has 38 heavy (non-hydrogen) atoms. The molecule has 2 unspecified atom stereocenters. The minimum atomic E-state index is -0.951. The molecule has 1 saturated heterocycles. The minimum absolute atomic E-state index is 0.0485. The van der Waals surface area contributed by atoms with E-state index in [9.17, 15) is 14.7 Å². The van der Waals surface area contributed by atoms with Crippen LogP contribution in [-0.2, 0) is 14.3 Å². The third kappa shape index (κ3) is 6.26. The highest BCUT2D eigenvalue weighted by atomic mass is 16.5. The Balaban J connectivity index is 1.55.